The lowest BCUT2D eigenvalue weighted by atomic mass is 10.2. The summed E-state index contributed by atoms with van der Waals surface area (Å²) in [6, 6.07) is 11.1. The zero-order valence-corrected chi connectivity index (χ0v) is 16.0. The highest BCUT2D eigenvalue weighted by atomic mass is 32.2. The Bertz CT molecular complexity index is 1250. The Morgan fingerprint density at radius 1 is 0.963 bits per heavy atom. The van der Waals surface area contributed by atoms with Crippen molar-refractivity contribution in [1.82, 2.24) is 9.38 Å². The Morgan fingerprint density at radius 3 is 2.22 bits per heavy atom. The number of benzene rings is 1. The van der Waals surface area contributed by atoms with Crippen LogP contribution in [0.2, 0.25) is 0 Å². The molecule has 27 heavy (non-hydrogen) atoms. The number of amides is 1. The number of carbonyl (C=O) groups excluding carboxylic acids is 1. The van der Waals surface area contributed by atoms with Crippen molar-refractivity contribution in [3.05, 3.63) is 54.4 Å². The predicted molar refractivity (Wildman–Crippen MR) is 101 cm³/mol. The van der Waals surface area contributed by atoms with Gasteiger partial charge in [-0.1, -0.05) is 18.2 Å². The van der Waals surface area contributed by atoms with E-state index < -0.39 is 25.8 Å². The molecule has 2 N–H and O–H groups in total. The molecule has 0 atom stereocenters. The van der Waals surface area contributed by atoms with Crippen LogP contribution in [-0.2, 0) is 19.9 Å². The van der Waals surface area contributed by atoms with E-state index in [1.54, 1.807) is 30.3 Å². The van der Waals surface area contributed by atoms with Gasteiger partial charge in [0.15, 0.2) is 5.69 Å². The third-order valence-corrected chi connectivity index (χ3v) is 5.08. The second-order valence-corrected chi connectivity index (χ2v) is 9.50. The standard InChI is InChI=1S/C16H16N4O5S2/c1-26(22,23)16-18-14(13-9-5-6-10-20(13)16)15(21)17-11-7-3-4-8-12(11)19-27(2,24)25/h3-10,19H,1-2H3,(H,17,21). The molecule has 0 bridgehead atoms. The predicted octanol–water partition coefficient (Wildman–Crippen LogP) is 1.36. The Morgan fingerprint density at radius 2 is 1.59 bits per heavy atom. The average molecular weight is 408 g/mol. The Balaban J connectivity index is 2.04. The number of rotatable bonds is 5. The minimum Gasteiger partial charge on any atom is -0.319 e. The SMILES string of the molecule is CS(=O)(=O)Nc1ccccc1NC(=O)c1nc(S(C)(=O)=O)n2ccccc12. The van der Waals surface area contributed by atoms with E-state index in [9.17, 15) is 21.6 Å². The number of nitrogens with zero attached hydrogens (tertiary/aromatic N) is 2. The average Bonchev–Trinajstić information content (AvgIpc) is 2.95. The lowest BCUT2D eigenvalue weighted by Gasteiger charge is -2.11. The van der Waals surface area contributed by atoms with Gasteiger partial charge in [0.05, 0.1) is 23.1 Å². The molecule has 1 aromatic carbocycles. The molecule has 0 spiro atoms. The monoisotopic (exact) mass is 408 g/mol. The number of sulfonamides is 1. The lowest BCUT2D eigenvalue weighted by Crippen LogP contribution is -2.16. The smallest absolute Gasteiger partial charge is 0.276 e. The molecule has 3 aromatic rings. The molecule has 11 heteroatoms. The number of aromatic nitrogens is 2. The normalized spacial score (nSPS) is 12.1. The number of anilines is 2. The third-order valence-electron chi connectivity index (χ3n) is 3.53. The molecular formula is C16H16N4O5S2. The van der Waals surface area contributed by atoms with Crippen LogP contribution < -0.4 is 10.0 Å². The summed E-state index contributed by atoms with van der Waals surface area (Å²) in [4.78, 5) is 16.7. The van der Waals surface area contributed by atoms with Gasteiger partial charge in [-0.25, -0.2) is 21.8 Å². The van der Waals surface area contributed by atoms with Crippen molar-refractivity contribution < 1.29 is 21.6 Å². The molecule has 142 valence electrons. The molecule has 1 amide bonds. The minimum absolute atomic E-state index is 0.0924. The molecule has 0 aliphatic carbocycles. The first kappa shape index (κ1) is 18.9. The number of hydrogen-bond acceptors (Lipinski definition) is 6. The van der Waals surface area contributed by atoms with Crippen molar-refractivity contribution in [2.45, 2.75) is 5.16 Å². The number of pyridine rings is 1. The quantitative estimate of drug-likeness (QED) is 0.656. The van der Waals surface area contributed by atoms with Crippen molar-refractivity contribution in [1.29, 1.82) is 0 Å². The maximum absolute atomic E-state index is 12.7. The molecular weight excluding hydrogens is 392 g/mol. The van der Waals surface area contributed by atoms with Gasteiger partial charge in [-0.2, -0.15) is 0 Å². The van der Waals surface area contributed by atoms with Gasteiger partial charge in [-0.05, 0) is 24.3 Å². The van der Waals surface area contributed by atoms with Crippen molar-refractivity contribution in [3.8, 4) is 0 Å². The van der Waals surface area contributed by atoms with Crippen molar-refractivity contribution in [3.63, 3.8) is 0 Å². The van der Waals surface area contributed by atoms with Gasteiger partial charge in [0.2, 0.25) is 25.0 Å². The molecule has 3 rings (SSSR count). The fraction of sp³-hybridized carbons (Fsp3) is 0.125. The van der Waals surface area contributed by atoms with E-state index in [0.717, 1.165) is 12.5 Å². The fourth-order valence-corrected chi connectivity index (χ4v) is 3.85. The van der Waals surface area contributed by atoms with Crippen molar-refractivity contribution >= 4 is 42.7 Å². The molecule has 0 fully saturated rings. The number of fused-ring (bicyclic) bond motifs is 1. The van der Waals surface area contributed by atoms with Crippen molar-refractivity contribution in [2.24, 2.45) is 0 Å². The van der Waals surface area contributed by atoms with Crippen LogP contribution in [0.25, 0.3) is 5.52 Å². The van der Waals surface area contributed by atoms with E-state index in [-0.39, 0.29) is 22.2 Å². The molecule has 0 aliphatic rings. The summed E-state index contributed by atoms with van der Waals surface area (Å²) in [5, 5.41) is 2.31. The highest BCUT2D eigenvalue weighted by Gasteiger charge is 2.23. The number of imidazole rings is 1. The second kappa shape index (κ2) is 6.67. The summed E-state index contributed by atoms with van der Waals surface area (Å²) < 4.78 is 50.5. The molecule has 0 saturated carbocycles. The summed E-state index contributed by atoms with van der Waals surface area (Å²) in [6.45, 7) is 0. The van der Waals surface area contributed by atoms with Crippen LogP contribution in [-0.4, -0.2) is 44.6 Å². The molecule has 0 unspecified atom stereocenters. The number of hydrogen-bond donors (Lipinski definition) is 2. The van der Waals surface area contributed by atoms with Gasteiger partial charge in [0, 0.05) is 12.5 Å². The first-order valence-electron chi connectivity index (χ1n) is 7.61. The Labute approximate surface area is 156 Å². The zero-order chi connectivity index (χ0) is 19.8. The van der Waals surface area contributed by atoms with E-state index in [0.29, 0.717) is 5.52 Å². The van der Waals surface area contributed by atoms with Crippen LogP contribution in [0.15, 0.2) is 53.8 Å². The largest absolute Gasteiger partial charge is 0.319 e. The number of para-hydroxylation sites is 2. The molecule has 0 saturated heterocycles. The summed E-state index contributed by atoms with van der Waals surface area (Å²) in [5.74, 6) is -0.670. The van der Waals surface area contributed by atoms with E-state index in [4.69, 9.17) is 0 Å². The Kier molecular flexibility index (Phi) is 4.66. The summed E-state index contributed by atoms with van der Waals surface area (Å²) in [7, 11) is -7.22. The number of nitrogens with one attached hydrogen (secondary N) is 2. The summed E-state index contributed by atoms with van der Waals surface area (Å²) in [5.41, 5.74) is 0.611. The highest BCUT2D eigenvalue weighted by molar-refractivity contribution is 7.92. The van der Waals surface area contributed by atoms with Crippen LogP contribution >= 0.6 is 0 Å². The van der Waals surface area contributed by atoms with Crippen LogP contribution in [0.1, 0.15) is 10.5 Å². The molecule has 2 aromatic heterocycles. The second-order valence-electron chi connectivity index (χ2n) is 5.84. The fourth-order valence-electron chi connectivity index (χ4n) is 2.50. The van der Waals surface area contributed by atoms with Crippen LogP contribution in [0, 0.1) is 0 Å². The maximum Gasteiger partial charge on any atom is 0.276 e. The first-order chi connectivity index (χ1) is 12.6. The zero-order valence-electron chi connectivity index (χ0n) is 14.4. The maximum atomic E-state index is 12.7. The Hall–Kier alpha value is -2.92. The summed E-state index contributed by atoms with van der Waals surface area (Å²) >= 11 is 0. The first-order valence-corrected chi connectivity index (χ1v) is 11.4. The van der Waals surface area contributed by atoms with Crippen LogP contribution in [0.4, 0.5) is 11.4 Å². The number of carbonyl (C=O) groups is 1. The lowest BCUT2D eigenvalue weighted by molar-refractivity contribution is 0.102. The van der Waals surface area contributed by atoms with E-state index in [1.165, 1.54) is 22.7 Å². The van der Waals surface area contributed by atoms with E-state index in [1.807, 2.05) is 0 Å². The molecule has 0 radical (unpaired) electrons. The van der Waals surface area contributed by atoms with E-state index >= 15 is 0 Å². The van der Waals surface area contributed by atoms with Gasteiger partial charge < -0.3 is 5.32 Å². The van der Waals surface area contributed by atoms with E-state index in [2.05, 4.69) is 15.0 Å². The third kappa shape index (κ3) is 4.09. The van der Waals surface area contributed by atoms with Gasteiger partial charge in [-0.3, -0.25) is 13.9 Å². The number of sulfone groups is 1. The van der Waals surface area contributed by atoms with Crippen LogP contribution in [0.3, 0.4) is 0 Å². The van der Waals surface area contributed by atoms with Crippen LogP contribution in [0.5, 0.6) is 0 Å². The van der Waals surface area contributed by atoms with Gasteiger partial charge in [-0.15, -0.1) is 0 Å². The van der Waals surface area contributed by atoms with Gasteiger partial charge in [0.1, 0.15) is 0 Å². The highest BCUT2D eigenvalue weighted by Crippen LogP contribution is 2.24. The van der Waals surface area contributed by atoms with Gasteiger partial charge >= 0.3 is 0 Å². The topological polar surface area (TPSA) is 127 Å². The van der Waals surface area contributed by atoms with Gasteiger partial charge in [0.25, 0.3) is 5.91 Å². The minimum atomic E-state index is -3.67. The summed E-state index contributed by atoms with van der Waals surface area (Å²) in [6.07, 6.45) is 3.49. The molecule has 0 aliphatic heterocycles. The van der Waals surface area contributed by atoms with Crippen molar-refractivity contribution in [2.75, 3.05) is 22.6 Å². The molecule has 2 heterocycles. The molecule has 9 nitrogen and oxygen atoms in total.